The van der Waals surface area contributed by atoms with Crippen molar-refractivity contribution in [3.8, 4) is 23.0 Å². The normalized spacial score (nSPS) is 11.7. The summed E-state index contributed by atoms with van der Waals surface area (Å²) in [5.74, 6) is 2.91. The van der Waals surface area contributed by atoms with Gasteiger partial charge >= 0.3 is 0 Å². The lowest BCUT2D eigenvalue weighted by molar-refractivity contribution is 0.378. The standard InChI is InChI=1S/C34H48N2O4/c1-12-35(13-2)25-18-24(7)32(28(19-25)38-9)34(31-23(6)16-22(5)17-27(31)37-8)33-29(39-10)20-26(21-30(33)40-11)36(14-3)15-4/h16-21,34H,12-15H2,1-11H3. The minimum Gasteiger partial charge on any atom is -0.496 e. The molecule has 3 rings (SSSR count). The van der Waals surface area contributed by atoms with Gasteiger partial charge in [0.05, 0.1) is 28.4 Å². The van der Waals surface area contributed by atoms with Gasteiger partial charge in [0.1, 0.15) is 23.0 Å². The number of methoxy groups -OCH3 is 4. The molecule has 0 aliphatic rings. The molecule has 218 valence electrons. The molecule has 0 radical (unpaired) electrons. The number of hydrogen-bond donors (Lipinski definition) is 0. The van der Waals surface area contributed by atoms with Gasteiger partial charge in [-0.05, 0) is 77.3 Å². The molecule has 1 atom stereocenters. The molecule has 0 N–H and O–H groups in total. The van der Waals surface area contributed by atoms with E-state index in [1.165, 1.54) is 0 Å². The van der Waals surface area contributed by atoms with Crippen LogP contribution in [0.3, 0.4) is 0 Å². The summed E-state index contributed by atoms with van der Waals surface area (Å²) < 4.78 is 24.5. The average molecular weight is 549 g/mol. The summed E-state index contributed by atoms with van der Waals surface area (Å²) in [5.41, 5.74) is 8.70. The van der Waals surface area contributed by atoms with Crippen LogP contribution in [0.1, 0.15) is 67.0 Å². The highest BCUT2D eigenvalue weighted by atomic mass is 16.5. The van der Waals surface area contributed by atoms with Gasteiger partial charge in [-0.1, -0.05) is 6.07 Å². The Kier molecular flexibility index (Phi) is 10.6. The number of nitrogens with zero attached hydrogens (tertiary/aromatic N) is 2. The van der Waals surface area contributed by atoms with Crippen LogP contribution in [0.4, 0.5) is 11.4 Å². The first kappa shape index (κ1) is 31.0. The number of anilines is 2. The Balaban J connectivity index is 2.51. The minimum absolute atomic E-state index is 0.271. The second-order valence-corrected chi connectivity index (χ2v) is 10.1. The largest absolute Gasteiger partial charge is 0.496 e. The van der Waals surface area contributed by atoms with Crippen LogP contribution in [0.2, 0.25) is 0 Å². The molecular formula is C34H48N2O4. The second-order valence-electron chi connectivity index (χ2n) is 10.1. The molecule has 0 saturated heterocycles. The van der Waals surface area contributed by atoms with Gasteiger partial charge in [-0.25, -0.2) is 0 Å². The molecule has 40 heavy (non-hydrogen) atoms. The smallest absolute Gasteiger partial charge is 0.128 e. The van der Waals surface area contributed by atoms with Crippen LogP contribution in [-0.4, -0.2) is 54.6 Å². The van der Waals surface area contributed by atoms with Crippen molar-refractivity contribution in [1.29, 1.82) is 0 Å². The van der Waals surface area contributed by atoms with Crippen LogP contribution >= 0.6 is 0 Å². The maximum atomic E-state index is 6.15. The van der Waals surface area contributed by atoms with E-state index >= 15 is 0 Å². The molecule has 3 aromatic rings. The van der Waals surface area contributed by atoms with Gasteiger partial charge in [-0.3, -0.25) is 0 Å². The fraction of sp³-hybridized carbons (Fsp3) is 0.471. The Morgan fingerprint density at radius 2 is 0.850 bits per heavy atom. The van der Waals surface area contributed by atoms with Crippen molar-refractivity contribution in [3.05, 3.63) is 69.8 Å². The molecule has 0 amide bonds. The SMILES string of the molecule is CCN(CC)c1cc(C)c(C(c2c(C)cc(C)cc2OC)c2c(OC)cc(N(CC)CC)cc2OC)c(OC)c1. The monoisotopic (exact) mass is 548 g/mol. The Hall–Kier alpha value is -3.54. The molecule has 3 aromatic carbocycles. The van der Waals surface area contributed by atoms with Crippen LogP contribution in [0.15, 0.2) is 36.4 Å². The zero-order chi connectivity index (χ0) is 29.6. The number of ether oxygens (including phenoxy) is 4. The van der Waals surface area contributed by atoms with Crippen LogP contribution in [-0.2, 0) is 0 Å². The fourth-order valence-corrected chi connectivity index (χ4v) is 5.95. The maximum absolute atomic E-state index is 6.15. The minimum atomic E-state index is -0.271. The first-order valence-corrected chi connectivity index (χ1v) is 14.3. The van der Waals surface area contributed by atoms with E-state index in [1.807, 2.05) is 0 Å². The predicted molar refractivity (Wildman–Crippen MR) is 168 cm³/mol. The lowest BCUT2D eigenvalue weighted by Gasteiger charge is -2.31. The van der Waals surface area contributed by atoms with E-state index < -0.39 is 0 Å². The second kappa shape index (κ2) is 13.7. The van der Waals surface area contributed by atoms with Gasteiger partial charge in [0.25, 0.3) is 0 Å². The van der Waals surface area contributed by atoms with Crippen LogP contribution in [0.5, 0.6) is 23.0 Å². The van der Waals surface area contributed by atoms with E-state index in [2.05, 4.69) is 94.7 Å². The van der Waals surface area contributed by atoms with E-state index in [-0.39, 0.29) is 5.92 Å². The summed E-state index contributed by atoms with van der Waals surface area (Å²) in [6, 6.07) is 13.0. The molecule has 6 nitrogen and oxygen atoms in total. The molecule has 0 aliphatic heterocycles. The number of aryl methyl sites for hydroxylation is 3. The lowest BCUT2D eigenvalue weighted by atomic mass is 9.78. The van der Waals surface area contributed by atoms with E-state index in [4.69, 9.17) is 18.9 Å². The fourth-order valence-electron chi connectivity index (χ4n) is 5.95. The number of benzene rings is 3. The van der Waals surface area contributed by atoms with Crippen LogP contribution < -0.4 is 28.7 Å². The first-order chi connectivity index (χ1) is 19.2. The molecule has 0 fully saturated rings. The van der Waals surface area contributed by atoms with Crippen LogP contribution in [0.25, 0.3) is 0 Å². The summed E-state index contributed by atoms with van der Waals surface area (Å²) in [4.78, 5) is 4.64. The quantitative estimate of drug-likeness (QED) is 0.206. The zero-order valence-electron chi connectivity index (χ0n) is 26.4. The van der Waals surface area contributed by atoms with Gasteiger partial charge in [-0.15, -0.1) is 0 Å². The van der Waals surface area contributed by atoms with E-state index in [0.717, 1.165) is 93.9 Å². The van der Waals surface area contributed by atoms with Gasteiger partial charge in [0, 0.05) is 78.4 Å². The third-order valence-corrected chi connectivity index (χ3v) is 7.92. The third kappa shape index (κ3) is 5.96. The van der Waals surface area contributed by atoms with Crippen molar-refractivity contribution in [3.63, 3.8) is 0 Å². The molecule has 0 spiro atoms. The van der Waals surface area contributed by atoms with Crippen molar-refractivity contribution in [2.45, 2.75) is 54.4 Å². The molecule has 0 aliphatic carbocycles. The maximum Gasteiger partial charge on any atom is 0.128 e. The topological polar surface area (TPSA) is 43.4 Å². The predicted octanol–water partition coefficient (Wildman–Crippen LogP) is 7.52. The summed E-state index contributed by atoms with van der Waals surface area (Å²) in [6.45, 7) is 18.7. The Morgan fingerprint density at radius 1 is 0.500 bits per heavy atom. The molecule has 0 aromatic heterocycles. The molecular weight excluding hydrogens is 500 g/mol. The highest BCUT2D eigenvalue weighted by Crippen LogP contribution is 2.51. The Labute approximate surface area is 241 Å². The van der Waals surface area contributed by atoms with Crippen molar-refractivity contribution in [1.82, 2.24) is 0 Å². The zero-order valence-corrected chi connectivity index (χ0v) is 26.4. The molecule has 1 unspecified atom stereocenters. The van der Waals surface area contributed by atoms with Gasteiger partial charge < -0.3 is 28.7 Å². The third-order valence-electron chi connectivity index (χ3n) is 7.92. The van der Waals surface area contributed by atoms with Gasteiger partial charge in [-0.2, -0.15) is 0 Å². The Bertz CT molecular complexity index is 1270. The Morgan fingerprint density at radius 3 is 1.25 bits per heavy atom. The van der Waals surface area contributed by atoms with Crippen molar-refractivity contribution >= 4 is 11.4 Å². The van der Waals surface area contributed by atoms with Crippen molar-refractivity contribution in [2.75, 3.05) is 64.4 Å². The van der Waals surface area contributed by atoms with Crippen LogP contribution in [0, 0.1) is 20.8 Å². The average Bonchev–Trinajstić information content (AvgIpc) is 2.95. The van der Waals surface area contributed by atoms with E-state index in [1.54, 1.807) is 28.4 Å². The van der Waals surface area contributed by atoms with E-state index in [0.29, 0.717) is 0 Å². The highest BCUT2D eigenvalue weighted by molar-refractivity contribution is 5.70. The number of rotatable bonds is 13. The van der Waals surface area contributed by atoms with Gasteiger partial charge in [0.2, 0.25) is 0 Å². The summed E-state index contributed by atoms with van der Waals surface area (Å²) in [5, 5.41) is 0. The van der Waals surface area contributed by atoms with Crippen molar-refractivity contribution < 1.29 is 18.9 Å². The molecule has 0 bridgehead atoms. The molecule has 0 saturated carbocycles. The van der Waals surface area contributed by atoms with Crippen molar-refractivity contribution in [2.24, 2.45) is 0 Å². The van der Waals surface area contributed by atoms with Gasteiger partial charge in [0.15, 0.2) is 0 Å². The molecule has 0 heterocycles. The lowest BCUT2D eigenvalue weighted by Crippen LogP contribution is -2.23. The highest BCUT2D eigenvalue weighted by Gasteiger charge is 2.33. The summed E-state index contributed by atoms with van der Waals surface area (Å²) >= 11 is 0. The van der Waals surface area contributed by atoms with E-state index in [9.17, 15) is 0 Å². The summed E-state index contributed by atoms with van der Waals surface area (Å²) in [6.07, 6.45) is 0. The molecule has 6 heteroatoms. The summed E-state index contributed by atoms with van der Waals surface area (Å²) in [7, 11) is 6.95. The number of hydrogen-bond acceptors (Lipinski definition) is 6. The first-order valence-electron chi connectivity index (χ1n) is 14.3.